The van der Waals surface area contributed by atoms with Crippen LogP contribution in [0.25, 0.3) is 11.3 Å². The van der Waals surface area contributed by atoms with Crippen molar-refractivity contribution in [2.75, 3.05) is 12.0 Å². The first-order valence-electron chi connectivity index (χ1n) is 5.99. The first kappa shape index (κ1) is 16.7. The molecule has 0 aliphatic heterocycles. The Morgan fingerprint density at radius 3 is 2.70 bits per heavy atom. The van der Waals surface area contributed by atoms with Crippen LogP contribution < -0.4 is 16.0 Å². The van der Waals surface area contributed by atoms with Crippen molar-refractivity contribution >= 4 is 17.4 Å². The molecule has 0 amide bonds. The summed E-state index contributed by atoms with van der Waals surface area (Å²) < 4.78 is 40.8. The second-order valence-electron chi connectivity index (χ2n) is 4.21. The molecule has 1 aromatic heterocycles. The number of alkyl halides is 3. The molecule has 3 N–H and O–H groups in total. The van der Waals surface area contributed by atoms with E-state index in [0.717, 1.165) is 23.9 Å². The summed E-state index contributed by atoms with van der Waals surface area (Å²) in [5.41, 5.74) is 4.65. The maximum atomic E-state index is 12.3. The standard InChI is InChI=1S/C13H9F3N4O2S/c1-23-12-19-10(8(5-17)11(21)20-12)7-4-6(2-3-9(7)18)22-13(14,15)16/h2-4H,18H2,1H3,(H,19,20,21). The van der Waals surface area contributed by atoms with Crippen LogP contribution in [0.15, 0.2) is 28.2 Å². The zero-order chi connectivity index (χ0) is 17.2. The second-order valence-corrected chi connectivity index (χ2v) is 5.00. The van der Waals surface area contributed by atoms with Gasteiger partial charge >= 0.3 is 6.36 Å². The fraction of sp³-hybridized carbons (Fsp3) is 0.154. The van der Waals surface area contributed by atoms with Gasteiger partial charge in [0.05, 0.1) is 5.69 Å². The van der Waals surface area contributed by atoms with Crippen LogP contribution in [-0.4, -0.2) is 22.6 Å². The summed E-state index contributed by atoms with van der Waals surface area (Å²) >= 11 is 1.10. The van der Waals surface area contributed by atoms with E-state index in [0.29, 0.717) is 0 Å². The van der Waals surface area contributed by atoms with Crippen molar-refractivity contribution in [2.45, 2.75) is 11.5 Å². The number of nitrogens with zero attached hydrogens (tertiary/aromatic N) is 2. The number of rotatable bonds is 3. The third-order valence-electron chi connectivity index (χ3n) is 2.72. The van der Waals surface area contributed by atoms with Gasteiger partial charge in [-0.05, 0) is 24.5 Å². The lowest BCUT2D eigenvalue weighted by molar-refractivity contribution is -0.274. The van der Waals surface area contributed by atoms with E-state index in [4.69, 9.17) is 11.0 Å². The van der Waals surface area contributed by atoms with E-state index in [1.165, 1.54) is 6.07 Å². The predicted molar refractivity (Wildman–Crippen MR) is 77.9 cm³/mol. The Hall–Kier alpha value is -2.67. The van der Waals surface area contributed by atoms with E-state index in [9.17, 15) is 18.0 Å². The molecule has 2 rings (SSSR count). The minimum atomic E-state index is -4.88. The van der Waals surface area contributed by atoms with Gasteiger partial charge in [0.1, 0.15) is 17.4 Å². The van der Waals surface area contributed by atoms with Crippen LogP contribution in [0.4, 0.5) is 18.9 Å². The van der Waals surface area contributed by atoms with Gasteiger partial charge in [-0.25, -0.2) is 4.98 Å². The quantitative estimate of drug-likeness (QED) is 0.504. The molecule has 6 nitrogen and oxygen atoms in total. The van der Waals surface area contributed by atoms with Crippen molar-refractivity contribution in [3.05, 3.63) is 34.1 Å². The Bertz CT molecular complexity index is 843. The van der Waals surface area contributed by atoms with Crippen LogP contribution in [0.3, 0.4) is 0 Å². The fourth-order valence-electron chi connectivity index (χ4n) is 1.79. The average Bonchev–Trinajstić information content (AvgIpc) is 2.47. The smallest absolute Gasteiger partial charge is 0.406 e. The topological polar surface area (TPSA) is 105 Å². The number of anilines is 1. The summed E-state index contributed by atoms with van der Waals surface area (Å²) in [4.78, 5) is 18.3. The summed E-state index contributed by atoms with van der Waals surface area (Å²) in [6.07, 6.45) is -3.24. The number of aromatic nitrogens is 2. The summed E-state index contributed by atoms with van der Waals surface area (Å²) in [7, 11) is 0. The Morgan fingerprint density at radius 2 is 2.13 bits per heavy atom. The molecule has 0 saturated carbocycles. The van der Waals surface area contributed by atoms with E-state index in [1.54, 1.807) is 12.3 Å². The van der Waals surface area contributed by atoms with E-state index in [1.807, 2.05) is 0 Å². The largest absolute Gasteiger partial charge is 0.573 e. The maximum Gasteiger partial charge on any atom is 0.573 e. The van der Waals surface area contributed by atoms with Crippen molar-refractivity contribution in [3.8, 4) is 23.1 Å². The normalized spacial score (nSPS) is 11.1. The van der Waals surface area contributed by atoms with Crippen molar-refractivity contribution in [2.24, 2.45) is 0 Å². The number of halogens is 3. The number of benzene rings is 1. The molecule has 0 spiro atoms. The average molecular weight is 342 g/mol. The molecule has 120 valence electrons. The number of thioether (sulfide) groups is 1. The van der Waals surface area contributed by atoms with Gasteiger partial charge in [-0.3, -0.25) is 4.79 Å². The first-order chi connectivity index (χ1) is 10.7. The SMILES string of the molecule is CSc1nc(-c2cc(OC(F)(F)F)ccc2N)c(C#N)c(=O)[nH]1. The third kappa shape index (κ3) is 3.75. The van der Waals surface area contributed by atoms with Gasteiger partial charge in [-0.2, -0.15) is 5.26 Å². The lowest BCUT2D eigenvalue weighted by Crippen LogP contribution is -2.17. The van der Waals surface area contributed by atoms with Gasteiger partial charge in [0, 0.05) is 11.3 Å². The molecule has 0 atom stereocenters. The minimum absolute atomic E-state index is 0.00435. The number of aromatic amines is 1. The number of nitrogen functional groups attached to an aromatic ring is 1. The van der Waals surface area contributed by atoms with E-state index >= 15 is 0 Å². The van der Waals surface area contributed by atoms with Crippen LogP contribution >= 0.6 is 11.8 Å². The number of hydrogen-bond acceptors (Lipinski definition) is 6. The highest BCUT2D eigenvalue weighted by Crippen LogP contribution is 2.32. The van der Waals surface area contributed by atoms with E-state index in [2.05, 4.69) is 14.7 Å². The molecule has 0 bridgehead atoms. The van der Waals surface area contributed by atoms with Gasteiger partial charge in [0.2, 0.25) is 0 Å². The zero-order valence-electron chi connectivity index (χ0n) is 11.6. The Morgan fingerprint density at radius 1 is 1.43 bits per heavy atom. The monoisotopic (exact) mass is 342 g/mol. The fourth-order valence-corrected chi connectivity index (χ4v) is 2.16. The molecule has 0 fully saturated rings. The van der Waals surface area contributed by atoms with Crippen molar-refractivity contribution in [3.63, 3.8) is 0 Å². The highest BCUT2D eigenvalue weighted by molar-refractivity contribution is 7.98. The van der Waals surface area contributed by atoms with Gasteiger partial charge in [0.25, 0.3) is 5.56 Å². The zero-order valence-corrected chi connectivity index (χ0v) is 12.4. The Kier molecular flexibility index (Phi) is 4.51. The minimum Gasteiger partial charge on any atom is -0.406 e. The van der Waals surface area contributed by atoms with Gasteiger partial charge in [-0.1, -0.05) is 11.8 Å². The molecule has 23 heavy (non-hydrogen) atoms. The highest BCUT2D eigenvalue weighted by atomic mass is 32.2. The lowest BCUT2D eigenvalue weighted by Gasteiger charge is -2.12. The van der Waals surface area contributed by atoms with Gasteiger partial charge < -0.3 is 15.5 Å². The molecule has 0 saturated heterocycles. The van der Waals surface area contributed by atoms with Crippen molar-refractivity contribution in [1.29, 1.82) is 5.26 Å². The molecular formula is C13H9F3N4O2S. The van der Waals surface area contributed by atoms with Crippen molar-refractivity contribution in [1.82, 2.24) is 9.97 Å². The summed E-state index contributed by atoms with van der Waals surface area (Å²) in [6, 6.07) is 4.86. The Labute approximate surface area is 132 Å². The van der Waals surface area contributed by atoms with Crippen LogP contribution in [-0.2, 0) is 0 Å². The molecule has 0 aliphatic carbocycles. The molecule has 0 radical (unpaired) electrons. The van der Waals surface area contributed by atoms with Crippen LogP contribution in [0.2, 0.25) is 0 Å². The Balaban J connectivity index is 2.67. The van der Waals surface area contributed by atoms with Crippen LogP contribution in [0.5, 0.6) is 5.75 Å². The molecule has 10 heteroatoms. The lowest BCUT2D eigenvalue weighted by atomic mass is 10.1. The van der Waals surface area contributed by atoms with Gasteiger partial charge in [-0.15, -0.1) is 13.2 Å². The number of hydrogen-bond donors (Lipinski definition) is 2. The predicted octanol–water partition coefficient (Wildman–Crippen LogP) is 2.51. The molecule has 0 aliphatic rings. The van der Waals surface area contributed by atoms with Crippen LogP contribution in [0, 0.1) is 11.3 Å². The van der Waals surface area contributed by atoms with E-state index < -0.39 is 17.7 Å². The molecular weight excluding hydrogens is 333 g/mol. The van der Waals surface area contributed by atoms with Crippen molar-refractivity contribution < 1.29 is 17.9 Å². The number of nitrogens with two attached hydrogens (primary N) is 1. The molecule has 1 heterocycles. The third-order valence-corrected chi connectivity index (χ3v) is 3.30. The second kappa shape index (κ2) is 6.21. The molecule has 2 aromatic rings. The maximum absolute atomic E-state index is 12.3. The van der Waals surface area contributed by atoms with E-state index in [-0.39, 0.29) is 27.7 Å². The number of nitriles is 1. The number of nitrogens with one attached hydrogen (secondary N) is 1. The molecule has 0 unspecified atom stereocenters. The first-order valence-corrected chi connectivity index (χ1v) is 7.21. The molecule has 1 aromatic carbocycles. The summed E-state index contributed by atoms with van der Waals surface area (Å²) in [5.74, 6) is -0.529. The van der Waals surface area contributed by atoms with Gasteiger partial charge in [0.15, 0.2) is 5.16 Å². The summed E-state index contributed by atoms with van der Waals surface area (Å²) in [5, 5.41) is 9.30. The number of ether oxygens (including phenoxy) is 1. The number of H-pyrrole nitrogens is 1. The highest BCUT2D eigenvalue weighted by Gasteiger charge is 2.31. The van der Waals surface area contributed by atoms with Crippen LogP contribution in [0.1, 0.15) is 5.56 Å². The summed E-state index contributed by atoms with van der Waals surface area (Å²) in [6.45, 7) is 0.